The molecule has 1 fully saturated rings. The van der Waals surface area contributed by atoms with Gasteiger partial charge in [0.25, 0.3) is 5.91 Å². The molecule has 0 aromatic rings. The Labute approximate surface area is 214 Å². The van der Waals surface area contributed by atoms with Crippen LogP contribution in [0.2, 0.25) is 0 Å². The van der Waals surface area contributed by atoms with E-state index in [1.54, 1.807) is 13.8 Å². The molecule has 0 bridgehead atoms. The van der Waals surface area contributed by atoms with Crippen molar-refractivity contribution in [3.8, 4) is 6.07 Å². The highest BCUT2D eigenvalue weighted by atomic mass is 35.6. The number of esters is 1. The van der Waals surface area contributed by atoms with Gasteiger partial charge >= 0.3 is 5.97 Å². The van der Waals surface area contributed by atoms with Crippen LogP contribution in [-0.4, -0.2) is 63.8 Å². The average molecular weight is 539 g/mol. The smallest absolute Gasteiger partial charge is 0.325 e. The third kappa shape index (κ3) is 8.62. The van der Waals surface area contributed by atoms with E-state index in [0.717, 1.165) is 0 Å². The molecule has 1 saturated heterocycles. The first-order valence-corrected chi connectivity index (χ1v) is 11.8. The van der Waals surface area contributed by atoms with Crippen molar-refractivity contribution in [1.82, 2.24) is 21.1 Å². The summed E-state index contributed by atoms with van der Waals surface area (Å²) in [5.41, 5.74) is 1.27. The van der Waals surface area contributed by atoms with E-state index in [4.69, 9.17) is 39.5 Å². The molecule has 1 aliphatic heterocycles. The molecule has 190 valence electrons. The van der Waals surface area contributed by atoms with Crippen molar-refractivity contribution in [2.24, 2.45) is 11.3 Å². The molecule has 4 atom stereocenters. The van der Waals surface area contributed by atoms with Crippen LogP contribution in [0.25, 0.3) is 0 Å². The normalized spacial score (nSPS) is 19.7. The largest absolute Gasteiger partial charge is 0.460 e. The van der Waals surface area contributed by atoms with E-state index in [0.29, 0.717) is 19.4 Å². The molecule has 10 nitrogen and oxygen atoms in total. The summed E-state index contributed by atoms with van der Waals surface area (Å²) in [6, 6.07) is -0.936. The molecule has 1 rings (SSSR count). The third-order valence-electron chi connectivity index (χ3n) is 5.19. The van der Waals surface area contributed by atoms with Gasteiger partial charge in [-0.15, -0.1) is 6.58 Å². The van der Waals surface area contributed by atoms with Crippen molar-refractivity contribution in [2.45, 2.75) is 62.5 Å². The van der Waals surface area contributed by atoms with Crippen LogP contribution in [-0.2, 0) is 23.9 Å². The first-order valence-electron chi connectivity index (χ1n) is 10.6. The van der Waals surface area contributed by atoms with Crippen LogP contribution in [0.15, 0.2) is 12.7 Å². The van der Waals surface area contributed by atoms with E-state index in [1.807, 2.05) is 6.07 Å². The number of amides is 3. The van der Waals surface area contributed by atoms with Gasteiger partial charge in [0.2, 0.25) is 15.6 Å². The highest BCUT2D eigenvalue weighted by molar-refractivity contribution is 6.67. The standard InChI is InChI=1S/C21H30Cl3N5O5/c1-6-20(5,10-25)19(33)27-15(12(2)3)16(30)26-13(4)17(31)29-9-7-8-14(28-29)18(32)34-11-21(22,23)24/h6,12-15,28H,1,7-9,11H2,2-5H3,(H,26,30)(H,27,33)/t13-,14-,15?,20?/m0/s1. The lowest BCUT2D eigenvalue weighted by Crippen LogP contribution is -2.61. The molecule has 0 aromatic heterocycles. The Hall–Kier alpha value is -2.06. The minimum absolute atomic E-state index is 0.303. The maximum absolute atomic E-state index is 12.9. The predicted molar refractivity (Wildman–Crippen MR) is 127 cm³/mol. The Morgan fingerprint density at radius 3 is 2.38 bits per heavy atom. The highest BCUT2D eigenvalue weighted by Gasteiger charge is 2.36. The average Bonchev–Trinajstić information content (AvgIpc) is 2.78. The first-order chi connectivity index (χ1) is 15.6. The molecular formula is C21H30Cl3N5O5. The summed E-state index contributed by atoms with van der Waals surface area (Å²) >= 11 is 16.8. The second-order valence-corrected chi connectivity index (χ2v) is 11.0. The number of hydrogen-bond donors (Lipinski definition) is 3. The summed E-state index contributed by atoms with van der Waals surface area (Å²) in [5, 5.41) is 15.6. The van der Waals surface area contributed by atoms with Crippen molar-refractivity contribution in [3.63, 3.8) is 0 Å². The maximum Gasteiger partial charge on any atom is 0.325 e. The second-order valence-electron chi connectivity index (χ2n) is 8.48. The number of hydrogen-bond acceptors (Lipinski definition) is 7. The lowest BCUT2D eigenvalue weighted by atomic mass is 9.90. The Kier molecular flexibility index (Phi) is 11.1. The Balaban J connectivity index is 2.78. The molecule has 0 spiro atoms. The second kappa shape index (κ2) is 12.6. The molecule has 0 aliphatic carbocycles. The van der Waals surface area contributed by atoms with Crippen LogP contribution in [0.5, 0.6) is 0 Å². The van der Waals surface area contributed by atoms with Gasteiger partial charge in [0.15, 0.2) is 5.41 Å². The fraction of sp³-hybridized carbons (Fsp3) is 0.667. The van der Waals surface area contributed by atoms with E-state index >= 15 is 0 Å². The van der Waals surface area contributed by atoms with Crippen LogP contribution in [0.3, 0.4) is 0 Å². The lowest BCUT2D eigenvalue weighted by Gasteiger charge is -2.35. The van der Waals surface area contributed by atoms with Gasteiger partial charge in [-0.3, -0.25) is 24.2 Å². The summed E-state index contributed by atoms with van der Waals surface area (Å²) in [4.78, 5) is 50.4. The topological polar surface area (TPSA) is 141 Å². The fourth-order valence-corrected chi connectivity index (χ4v) is 3.15. The van der Waals surface area contributed by atoms with Gasteiger partial charge < -0.3 is 15.4 Å². The van der Waals surface area contributed by atoms with Gasteiger partial charge in [-0.05, 0) is 32.6 Å². The van der Waals surface area contributed by atoms with Crippen molar-refractivity contribution in [1.29, 1.82) is 5.26 Å². The SMILES string of the molecule is C=CC(C)(C#N)C(=O)NC(C(=O)N[C@@H](C)C(=O)N1CCC[C@@H](C(=O)OCC(Cl)(Cl)Cl)N1)C(C)C. The molecule has 34 heavy (non-hydrogen) atoms. The summed E-state index contributed by atoms with van der Waals surface area (Å²) in [6.07, 6.45) is 2.11. The Bertz CT molecular complexity index is 842. The zero-order chi connectivity index (χ0) is 26.3. The van der Waals surface area contributed by atoms with Crippen molar-refractivity contribution < 1.29 is 23.9 Å². The molecule has 3 amide bonds. The number of nitrogens with one attached hydrogen (secondary N) is 3. The minimum atomic E-state index is -1.75. The summed E-state index contributed by atoms with van der Waals surface area (Å²) in [6.45, 7) is 9.66. The fourth-order valence-electron chi connectivity index (χ4n) is 2.98. The lowest BCUT2D eigenvalue weighted by molar-refractivity contribution is -0.152. The summed E-state index contributed by atoms with van der Waals surface area (Å²) < 4.78 is 3.21. The summed E-state index contributed by atoms with van der Waals surface area (Å²) in [7, 11) is 0. The van der Waals surface area contributed by atoms with Crippen molar-refractivity contribution in [3.05, 3.63) is 12.7 Å². The van der Waals surface area contributed by atoms with E-state index in [2.05, 4.69) is 22.6 Å². The number of hydrazine groups is 1. The molecule has 3 N–H and O–H groups in total. The molecule has 0 aromatic carbocycles. The Morgan fingerprint density at radius 1 is 1.26 bits per heavy atom. The molecule has 0 saturated carbocycles. The number of alkyl halides is 3. The molecule has 0 radical (unpaired) electrons. The zero-order valence-electron chi connectivity index (χ0n) is 19.5. The van der Waals surface area contributed by atoms with E-state index < -0.39 is 57.6 Å². The summed E-state index contributed by atoms with van der Waals surface area (Å²) in [5.74, 6) is -2.76. The van der Waals surface area contributed by atoms with E-state index in [1.165, 1.54) is 24.9 Å². The van der Waals surface area contributed by atoms with Gasteiger partial charge in [-0.25, -0.2) is 5.43 Å². The van der Waals surface area contributed by atoms with Crippen molar-refractivity contribution in [2.75, 3.05) is 13.2 Å². The Morgan fingerprint density at radius 2 is 1.88 bits per heavy atom. The predicted octanol–water partition coefficient (Wildman–Crippen LogP) is 1.76. The van der Waals surface area contributed by atoms with Crippen LogP contribution in [0, 0.1) is 22.7 Å². The number of rotatable bonds is 9. The monoisotopic (exact) mass is 537 g/mol. The first kappa shape index (κ1) is 30.0. The number of carbonyl (C=O) groups excluding carboxylic acids is 4. The third-order valence-corrected chi connectivity index (χ3v) is 5.52. The number of nitriles is 1. The van der Waals surface area contributed by atoms with Crippen LogP contribution in [0.1, 0.15) is 40.5 Å². The molecule has 13 heteroatoms. The van der Waals surface area contributed by atoms with E-state index in [-0.39, 0.29) is 5.92 Å². The molecule has 1 aliphatic rings. The van der Waals surface area contributed by atoms with Crippen LogP contribution in [0.4, 0.5) is 0 Å². The van der Waals surface area contributed by atoms with E-state index in [9.17, 15) is 24.4 Å². The quantitative estimate of drug-likeness (QED) is 0.231. The molecular weight excluding hydrogens is 509 g/mol. The van der Waals surface area contributed by atoms with Gasteiger partial charge in [-0.1, -0.05) is 54.7 Å². The zero-order valence-corrected chi connectivity index (χ0v) is 21.8. The minimum Gasteiger partial charge on any atom is -0.460 e. The molecule has 2 unspecified atom stereocenters. The number of halogens is 3. The van der Waals surface area contributed by atoms with Gasteiger partial charge in [0.05, 0.1) is 6.07 Å². The van der Waals surface area contributed by atoms with Crippen LogP contribution < -0.4 is 16.1 Å². The maximum atomic E-state index is 12.9. The van der Waals surface area contributed by atoms with Crippen molar-refractivity contribution >= 4 is 58.5 Å². The van der Waals surface area contributed by atoms with Gasteiger partial charge in [0.1, 0.15) is 24.7 Å². The number of carbonyl (C=O) groups is 4. The number of nitrogens with zero attached hydrogens (tertiary/aromatic N) is 2. The molecule has 1 heterocycles. The van der Waals surface area contributed by atoms with Gasteiger partial charge in [0, 0.05) is 6.54 Å². The van der Waals surface area contributed by atoms with Crippen LogP contribution >= 0.6 is 34.8 Å². The van der Waals surface area contributed by atoms with Gasteiger partial charge in [-0.2, -0.15) is 5.26 Å². The highest BCUT2D eigenvalue weighted by Crippen LogP contribution is 2.26. The number of ether oxygens (including phenoxy) is 1.